The molecule has 0 aromatic rings. The number of ketones is 2. The molecule has 2 heterocycles. The van der Waals surface area contributed by atoms with Crippen LogP contribution in [0.3, 0.4) is 0 Å². The Labute approximate surface area is 239 Å². The molecule has 10 heteroatoms. The van der Waals surface area contributed by atoms with E-state index < -0.39 is 53.2 Å². The highest BCUT2D eigenvalue weighted by atomic mass is 16.7. The molecule has 10 nitrogen and oxygen atoms in total. The van der Waals surface area contributed by atoms with Crippen LogP contribution in [-0.4, -0.2) is 72.7 Å². The third-order valence-electron chi connectivity index (χ3n) is 8.93. The monoisotopic (exact) mass is 562 g/mol. The summed E-state index contributed by atoms with van der Waals surface area (Å²) in [7, 11) is 4.08. The van der Waals surface area contributed by atoms with Crippen molar-refractivity contribution in [2.45, 2.75) is 118 Å². The highest BCUT2D eigenvalue weighted by Crippen LogP contribution is 2.41. The van der Waals surface area contributed by atoms with Crippen LogP contribution in [0.15, 0.2) is 16.8 Å². The van der Waals surface area contributed by atoms with Crippen molar-refractivity contribution < 1.29 is 28.6 Å². The molecule has 226 valence electrons. The molecule has 0 radical (unpaired) electrons. The zero-order chi connectivity index (χ0) is 30.7. The lowest BCUT2D eigenvalue weighted by atomic mass is 9.71. The maximum absolute atomic E-state index is 13.8. The highest BCUT2D eigenvalue weighted by Gasteiger charge is 2.47. The molecule has 0 N–H and O–H groups in total. The SMILES string of the molecule is C/C1=C\[C@](C)(N=[N+]=[N-])[C@@H](C)OC(=O)[C@H](C)C(=O)[C@H](C)[C@@H](OC2OC(C)CC(N(C)C)C2C)C(C)(C)C[C@@H](C)C1=O. The molecule has 0 aliphatic carbocycles. The van der Waals surface area contributed by atoms with Crippen LogP contribution in [0.4, 0.5) is 0 Å². The summed E-state index contributed by atoms with van der Waals surface area (Å²) in [6.07, 6.45) is 0.718. The van der Waals surface area contributed by atoms with Gasteiger partial charge in [-0.25, -0.2) is 0 Å². The molecule has 10 atom stereocenters. The quantitative estimate of drug-likeness (QED) is 0.145. The largest absolute Gasteiger partial charge is 0.461 e. The van der Waals surface area contributed by atoms with E-state index in [9.17, 15) is 19.9 Å². The third-order valence-corrected chi connectivity index (χ3v) is 8.93. The number of hydrogen-bond acceptors (Lipinski definition) is 8. The molecule has 0 spiro atoms. The molecule has 0 saturated carbocycles. The third kappa shape index (κ3) is 7.52. The normalized spacial score (nSPS) is 41.4. The van der Waals surface area contributed by atoms with Gasteiger partial charge in [0.25, 0.3) is 0 Å². The van der Waals surface area contributed by atoms with Crippen LogP contribution in [0.5, 0.6) is 0 Å². The van der Waals surface area contributed by atoms with Gasteiger partial charge in [0.05, 0.1) is 12.2 Å². The van der Waals surface area contributed by atoms with Crippen molar-refractivity contribution in [3.05, 3.63) is 22.1 Å². The lowest BCUT2D eigenvalue weighted by molar-refractivity contribution is -0.268. The van der Waals surface area contributed by atoms with Crippen molar-refractivity contribution >= 4 is 17.5 Å². The van der Waals surface area contributed by atoms with Gasteiger partial charge in [-0.15, -0.1) is 0 Å². The van der Waals surface area contributed by atoms with Gasteiger partial charge in [0.2, 0.25) is 0 Å². The number of carbonyl (C=O) groups is 3. The smallest absolute Gasteiger partial charge is 0.316 e. The Morgan fingerprint density at radius 1 is 1.07 bits per heavy atom. The number of esters is 1. The Hall–Kier alpha value is -2.26. The van der Waals surface area contributed by atoms with Crippen LogP contribution in [0.25, 0.3) is 10.4 Å². The molecular formula is C30H50N4O6. The first kappa shape index (κ1) is 33.9. The van der Waals surface area contributed by atoms with Gasteiger partial charge in [-0.1, -0.05) is 45.8 Å². The summed E-state index contributed by atoms with van der Waals surface area (Å²) in [5.41, 5.74) is 7.67. The van der Waals surface area contributed by atoms with Gasteiger partial charge in [0.1, 0.15) is 17.6 Å². The number of ether oxygens (including phenoxy) is 3. The van der Waals surface area contributed by atoms with Gasteiger partial charge < -0.3 is 19.1 Å². The van der Waals surface area contributed by atoms with E-state index in [0.717, 1.165) is 6.42 Å². The van der Waals surface area contributed by atoms with E-state index in [0.29, 0.717) is 12.0 Å². The van der Waals surface area contributed by atoms with Crippen LogP contribution in [0, 0.1) is 29.1 Å². The van der Waals surface area contributed by atoms with Gasteiger partial charge in [0.15, 0.2) is 17.9 Å². The topological polar surface area (TPSA) is 131 Å². The number of Topliss-reactive ketones (excluding diaryl/α,β-unsaturated/α-hetero) is 2. The summed E-state index contributed by atoms with van der Waals surface area (Å²) in [4.78, 5) is 45.6. The maximum atomic E-state index is 13.8. The summed E-state index contributed by atoms with van der Waals surface area (Å²) in [6.45, 7) is 18.1. The van der Waals surface area contributed by atoms with E-state index in [1.807, 2.05) is 41.8 Å². The van der Waals surface area contributed by atoms with Gasteiger partial charge in [-0.05, 0) is 78.1 Å². The number of allylic oxidation sites excluding steroid dienone is 1. The second-order valence-electron chi connectivity index (χ2n) is 13.2. The Morgan fingerprint density at radius 2 is 1.68 bits per heavy atom. The minimum Gasteiger partial charge on any atom is -0.461 e. The van der Waals surface area contributed by atoms with Gasteiger partial charge in [-0.2, -0.15) is 0 Å². The predicted molar refractivity (Wildman–Crippen MR) is 153 cm³/mol. The van der Waals surface area contributed by atoms with Gasteiger partial charge in [-0.3, -0.25) is 14.4 Å². The molecule has 0 amide bonds. The molecule has 1 saturated heterocycles. The Morgan fingerprint density at radius 3 is 2.23 bits per heavy atom. The number of azide groups is 1. The van der Waals surface area contributed by atoms with Crippen molar-refractivity contribution in [3.8, 4) is 0 Å². The van der Waals surface area contributed by atoms with E-state index in [2.05, 4.69) is 21.8 Å². The van der Waals surface area contributed by atoms with E-state index in [4.69, 9.17) is 14.2 Å². The Bertz CT molecular complexity index is 1040. The molecule has 2 rings (SSSR count). The standard InChI is InChI=1S/C30H50N4O6/c1-16-14-29(8,9)26(40-28-19(4)23(34(11)12)13-18(3)38-28)20(5)25(36)21(6)27(37)39-22(7)30(10,32-33-31)15-17(2)24(16)35/h15-16,18-23,26,28H,13-14H2,1-12H3/b17-15+/t16-,18?,19?,20+,21-,22-,23?,26-,28?,30+/m1/s1. The average molecular weight is 563 g/mol. The average Bonchev–Trinajstić information content (AvgIpc) is 2.85. The number of rotatable bonds is 4. The lowest BCUT2D eigenvalue weighted by Crippen LogP contribution is -2.53. The lowest BCUT2D eigenvalue weighted by Gasteiger charge is -2.47. The molecule has 1 fully saturated rings. The second kappa shape index (κ2) is 13.1. The summed E-state index contributed by atoms with van der Waals surface area (Å²) in [5, 5.41) is 3.86. The fourth-order valence-electron chi connectivity index (χ4n) is 6.38. The Balaban J connectivity index is 2.59. The minimum atomic E-state index is -1.31. The number of nitrogens with zero attached hydrogens (tertiary/aromatic N) is 4. The molecule has 0 aromatic heterocycles. The number of hydrogen-bond donors (Lipinski definition) is 0. The van der Waals surface area contributed by atoms with Gasteiger partial charge >= 0.3 is 5.97 Å². The van der Waals surface area contributed by atoms with Crippen LogP contribution in [0.2, 0.25) is 0 Å². The summed E-state index contributed by atoms with van der Waals surface area (Å²) in [6, 6.07) is 0.232. The second-order valence-corrected chi connectivity index (χ2v) is 13.2. The summed E-state index contributed by atoms with van der Waals surface area (Å²) in [5.74, 6) is -3.29. The number of cyclic esters (lactones) is 1. The first-order chi connectivity index (χ1) is 18.4. The minimum absolute atomic E-state index is 0.0308. The Kier molecular flexibility index (Phi) is 11.2. The van der Waals surface area contributed by atoms with Crippen molar-refractivity contribution in [2.24, 2.45) is 34.2 Å². The molecule has 0 bridgehead atoms. The summed E-state index contributed by atoms with van der Waals surface area (Å²) >= 11 is 0. The van der Waals surface area contributed by atoms with Crippen LogP contribution in [-0.2, 0) is 28.6 Å². The first-order valence-corrected chi connectivity index (χ1v) is 14.4. The summed E-state index contributed by atoms with van der Waals surface area (Å²) < 4.78 is 18.7. The van der Waals surface area contributed by atoms with Crippen molar-refractivity contribution in [3.63, 3.8) is 0 Å². The number of carbonyl (C=O) groups excluding carboxylic acids is 3. The fourth-order valence-corrected chi connectivity index (χ4v) is 6.38. The molecule has 0 aromatic carbocycles. The predicted octanol–water partition coefficient (Wildman–Crippen LogP) is 5.50. The van der Waals surface area contributed by atoms with E-state index in [1.165, 1.54) is 6.92 Å². The van der Waals surface area contributed by atoms with Crippen molar-refractivity contribution in [1.82, 2.24) is 4.90 Å². The van der Waals surface area contributed by atoms with Crippen molar-refractivity contribution in [2.75, 3.05) is 14.1 Å². The zero-order valence-electron chi connectivity index (χ0n) is 26.4. The maximum Gasteiger partial charge on any atom is 0.316 e. The molecule has 2 aliphatic heterocycles. The van der Waals surface area contributed by atoms with E-state index >= 15 is 0 Å². The van der Waals surface area contributed by atoms with Crippen LogP contribution in [0.1, 0.15) is 82.1 Å². The molecule has 40 heavy (non-hydrogen) atoms. The van der Waals surface area contributed by atoms with Gasteiger partial charge in [0, 0.05) is 28.7 Å². The molecular weight excluding hydrogens is 512 g/mol. The van der Waals surface area contributed by atoms with Crippen molar-refractivity contribution in [1.29, 1.82) is 0 Å². The van der Waals surface area contributed by atoms with Crippen LogP contribution >= 0.6 is 0 Å². The highest BCUT2D eigenvalue weighted by molar-refractivity contribution is 6.00. The fraction of sp³-hybridized carbons (Fsp3) is 0.833. The van der Waals surface area contributed by atoms with E-state index in [1.54, 1.807) is 33.8 Å². The van der Waals surface area contributed by atoms with E-state index in [-0.39, 0.29) is 29.6 Å². The molecule has 2 aliphatic rings. The zero-order valence-corrected chi connectivity index (χ0v) is 26.4. The first-order valence-electron chi connectivity index (χ1n) is 14.4. The molecule has 4 unspecified atom stereocenters. The van der Waals surface area contributed by atoms with Crippen LogP contribution < -0.4 is 0 Å².